The van der Waals surface area contributed by atoms with Crippen LogP contribution in [0.25, 0.3) is 0 Å². The number of halogens is 1. The van der Waals surface area contributed by atoms with Gasteiger partial charge in [0.05, 0.1) is 0 Å². The Morgan fingerprint density at radius 1 is 1.35 bits per heavy atom. The summed E-state index contributed by atoms with van der Waals surface area (Å²) in [5.41, 5.74) is 0.511. The van der Waals surface area contributed by atoms with E-state index < -0.39 is 0 Å². The molecule has 0 bridgehead atoms. The summed E-state index contributed by atoms with van der Waals surface area (Å²) in [4.78, 5) is 30.4. The number of hydrogen-bond donors (Lipinski definition) is 1. The van der Waals surface area contributed by atoms with E-state index in [1.807, 2.05) is 13.8 Å². The summed E-state index contributed by atoms with van der Waals surface area (Å²) < 4.78 is 0. The molecule has 0 spiro atoms. The fourth-order valence-corrected chi connectivity index (χ4v) is 2.68. The molecule has 2 aromatic rings. The van der Waals surface area contributed by atoms with Crippen molar-refractivity contribution in [2.45, 2.75) is 26.3 Å². The van der Waals surface area contributed by atoms with Crippen molar-refractivity contribution < 1.29 is 9.59 Å². The van der Waals surface area contributed by atoms with Crippen molar-refractivity contribution in [2.75, 3.05) is 11.9 Å². The minimum atomic E-state index is -0.262. The van der Waals surface area contributed by atoms with E-state index in [0.29, 0.717) is 15.7 Å². The molecule has 23 heavy (non-hydrogen) atoms. The number of amides is 2. The molecule has 0 saturated carbocycles. The Hall–Kier alpha value is -1.92. The Morgan fingerprint density at radius 2 is 2.04 bits per heavy atom. The summed E-state index contributed by atoms with van der Waals surface area (Å²) in [6.45, 7) is 3.88. The fourth-order valence-electron chi connectivity index (χ4n) is 2.01. The summed E-state index contributed by atoms with van der Waals surface area (Å²) in [6, 6.07) is 6.61. The van der Waals surface area contributed by atoms with Crippen molar-refractivity contribution in [1.29, 1.82) is 0 Å². The van der Waals surface area contributed by atoms with Gasteiger partial charge in [-0.05, 0) is 37.6 Å². The molecule has 0 aliphatic rings. The lowest BCUT2D eigenvalue weighted by atomic mass is 10.1. The van der Waals surface area contributed by atoms with Crippen molar-refractivity contribution >= 4 is 39.9 Å². The van der Waals surface area contributed by atoms with Gasteiger partial charge in [0.25, 0.3) is 5.91 Å². The van der Waals surface area contributed by atoms with Crippen LogP contribution < -0.4 is 5.32 Å². The van der Waals surface area contributed by atoms with E-state index in [1.165, 1.54) is 11.3 Å². The number of nitrogens with one attached hydrogen (secondary N) is 1. The second kappa shape index (κ2) is 8.08. The highest BCUT2D eigenvalue weighted by Crippen LogP contribution is 2.15. The molecule has 0 saturated heterocycles. The summed E-state index contributed by atoms with van der Waals surface area (Å²) in [6.07, 6.45) is 2.37. The number of carbonyl (C=O) groups excluding carboxylic acids is 2. The number of benzene rings is 1. The summed E-state index contributed by atoms with van der Waals surface area (Å²) in [5.74, 6) is -0.451. The topological polar surface area (TPSA) is 62.3 Å². The SMILES string of the molecule is CCC(C)N(CC(=O)Nc1nccs1)C(=O)c1ccc(Cl)cc1. The number of thiazole rings is 1. The monoisotopic (exact) mass is 351 g/mol. The summed E-state index contributed by atoms with van der Waals surface area (Å²) >= 11 is 7.19. The van der Waals surface area contributed by atoms with E-state index >= 15 is 0 Å². The molecule has 2 amide bonds. The molecule has 0 aliphatic heterocycles. The second-order valence-electron chi connectivity index (χ2n) is 5.08. The lowest BCUT2D eigenvalue weighted by Crippen LogP contribution is -2.43. The Labute approximate surface area is 144 Å². The number of carbonyl (C=O) groups is 2. The van der Waals surface area contributed by atoms with Gasteiger partial charge >= 0.3 is 0 Å². The van der Waals surface area contributed by atoms with E-state index in [-0.39, 0.29) is 24.4 Å². The third kappa shape index (κ3) is 4.77. The van der Waals surface area contributed by atoms with Crippen LogP contribution in [-0.4, -0.2) is 34.3 Å². The molecule has 2 rings (SSSR count). The van der Waals surface area contributed by atoms with Gasteiger partial charge in [-0.15, -0.1) is 11.3 Å². The smallest absolute Gasteiger partial charge is 0.254 e. The molecule has 0 fully saturated rings. The van der Waals surface area contributed by atoms with Crippen LogP contribution in [0, 0.1) is 0 Å². The van der Waals surface area contributed by atoms with Gasteiger partial charge in [-0.3, -0.25) is 9.59 Å². The highest BCUT2D eigenvalue weighted by atomic mass is 35.5. The quantitative estimate of drug-likeness (QED) is 0.863. The van der Waals surface area contributed by atoms with Crippen LogP contribution in [-0.2, 0) is 4.79 Å². The van der Waals surface area contributed by atoms with Gasteiger partial charge in [-0.2, -0.15) is 0 Å². The van der Waals surface area contributed by atoms with Crippen molar-refractivity contribution in [2.24, 2.45) is 0 Å². The summed E-state index contributed by atoms with van der Waals surface area (Å²) in [7, 11) is 0. The zero-order valence-electron chi connectivity index (χ0n) is 13.0. The zero-order chi connectivity index (χ0) is 16.8. The van der Waals surface area contributed by atoms with Crippen LogP contribution >= 0.6 is 22.9 Å². The Balaban J connectivity index is 2.11. The van der Waals surface area contributed by atoms with Gasteiger partial charge in [0.15, 0.2) is 5.13 Å². The van der Waals surface area contributed by atoms with Gasteiger partial charge in [-0.25, -0.2) is 4.98 Å². The molecular weight excluding hydrogens is 334 g/mol. The second-order valence-corrected chi connectivity index (χ2v) is 6.41. The normalized spacial score (nSPS) is 11.8. The van der Waals surface area contributed by atoms with Crippen molar-refractivity contribution in [3.63, 3.8) is 0 Å². The molecule has 0 radical (unpaired) electrons. The Bertz CT molecular complexity index is 658. The van der Waals surface area contributed by atoms with Crippen molar-refractivity contribution in [1.82, 2.24) is 9.88 Å². The first-order valence-electron chi connectivity index (χ1n) is 7.27. The molecule has 1 aromatic carbocycles. The predicted octanol–water partition coefficient (Wildman–Crippen LogP) is 3.68. The molecular formula is C16H18ClN3O2S. The van der Waals surface area contributed by atoms with Crippen LogP contribution in [0.15, 0.2) is 35.8 Å². The Kier molecular flexibility index (Phi) is 6.12. The maximum atomic E-state index is 12.7. The average Bonchev–Trinajstić information content (AvgIpc) is 3.05. The Morgan fingerprint density at radius 3 is 2.61 bits per heavy atom. The largest absolute Gasteiger partial charge is 0.327 e. The van der Waals surface area contributed by atoms with E-state index in [2.05, 4.69) is 10.3 Å². The van der Waals surface area contributed by atoms with Crippen LogP contribution in [0.2, 0.25) is 5.02 Å². The van der Waals surface area contributed by atoms with Gasteiger partial charge in [0.1, 0.15) is 6.54 Å². The standard InChI is InChI=1S/C16H18ClN3O2S/c1-3-11(2)20(10-14(21)19-16-18-8-9-23-16)15(22)12-4-6-13(17)7-5-12/h4-9,11H,3,10H2,1-2H3,(H,18,19,21). The zero-order valence-corrected chi connectivity index (χ0v) is 14.5. The van der Waals surface area contributed by atoms with Crippen molar-refractivity contribution in [3.05, 3.63) is 46.4 Å². The first-order valence-corrected chi connectivity index (χ1v) is 8.53. The minimum absolute atomic E-state index is 0.0178. The third-order valence-electron chi connectivity index (χ3n) is 3.47. The van der Waals surface area contributed by atoms with E-state index in [0.717, 1.165) is 6.42 Å². The van der Waals surface area contributed by atoms with Crippen LogP contribution in [0.1, 0.15) is 30.6 Å². The molecule has 5 nitrogen and oxygen atoms in total. The van der Waals surface area contributed by atoms with Gasteiger partial charge < -0.3 is 10.2 Å². The molecule has 7 heteroatoms. The van der Waals surface area contributed by atoms with Crippen LogP contribution in [0.3, 0.4) is 0 Å². The first-order chi connectivity index (χ1) is 11.0. The molecule has 1 atom stereocenters. The molecule has 1 aromatic heterocycles. The van der Waals surface area contributed by atoms with Crippen LogP contribution in [0.4, 0.5) is 5.13 Å². The number of rotatable bonds is 6. The molecule has 0 aliphatic carbocycles. The van der Waals surface area contributed by atoms with E-state index in [1.54, 1.807) is 40.7 Å². The van der Waals surface area contributed by atoms with Gasteiger partial charge in [0.2, 0.25) is 5.91 Å². The maximum Gasteiger partial charge on any atom is 0.254 e. The summed E-state index contributed by atoms with van der Waals surface area (Å²) in [5, 5.41) is 5.57. The van der Waals surface area contributed by atoms with Crippen molar-refractivity contribution in [3.8, 4) is 0 Å². The van der Waals surface area contributed by atoms with Gasteiger partial charge in [-0.1, -0.05) is 18.5 Å². The fraction of sp³-hybridized carbons (Fsp3) is 0.312. The number of anilines is 1. The molecule has 1 unspecified atom stereocenters. The highest BCUT2D eigenvalue weighted by Gasteiger charge is 2.23. The number of hydrogen-bond acceptors (Lipinski definition) is 4. The minimum Gasteiger partial charge on any atom is -0.327 e. The van der Waals surface area contributed by atoms with E-state index in [4.69, 9.17) is 11.6 Å². The molecule has 122 valence electrons. The lowest BCUT2D eigenvalue weighted by Gasteiger charge is -2.28. The lowest BCUT2D eigenvalue weighted by molar-refractivity contribution is -0.117. The van der Waals surface area contributed by atoms with Crippen LogP contribution in [0.5, 0.6) is 0 Å². The average molecular weight is 352 g/mol. The highest BCUT2D eigenvalue weighted by molar-refractivity contribution is 7.13. The van der Waals surface area contributed by atoms with Gasteiger partial charge in [0, 0.05) is 28.2 Å². The first kappa shape index (κ1) is 17.4. The van der Waals surface area contributed by atoms with E-state index in [9.17, 15) is 9.59 Å². The third-order valence-corrected chi connectivity index (χ3v) is 4.41. The molecule has 1 heterocycles. The number of aromatic nitrogens is 1. The molecule has 1 N–H and O–H groups in total. The maximum absolute atomic E-state index is 12.7. The predicted molar refractivity (Wildman–Crippen MR) is 93.0 cm³/mol. The number of nitrogens with zero attached hydrogens (tertiary/aromatic N) is 2.